The number of aryl methyl sites for hydroxylation is 1. The predicted molar refractivity (Wildman–Crippen MR) is 168 cm³/mol. The SMILES string of the molecule is CCCCCCCCCCCCc1ccc(-c2ccc(C(=O)CC(=O)c3cccc(OCCCC)c3)cc2)cc1. The average Bonchev–Trinajstić information content (AvgIpc) is 2.99. The number of Topliss-reactive ketones (excluding diaryl/α,β-unsaturated/α-hetero) is 2. The van der Waals surface area contributed by atoms with Crippen molar-refractivity contribution in [3.63, 3.8) is 0 Å². The van der Waals surface area contributed by atoms with Crippen LogP contribution in [-0.2, 0) is 6.42 Å². The molecule has 0 aliphatic carbocycles. The van der Waals surface area contributed by atoms with Crippen LogP contribution in [0, 0.1) is 0 Å². The number of hydrogen-bond acceptors (Lipinski definition) is 3. The molecular weight excluding hydrogens is 492 g/mol. The molecule has 0 aliphatic heterocycles. The molecule has 3 rings (SSSR count). The van der Waals surface area contributed by atoms with Crippen molar-refractivity contribution in [1.29, 1.82) is 0 Å². The van der Waals surface area contributed by atoms with Gasteiger partial charge in [0.25, 0.3) is 0 Å². The fraction of sp³-hybridized carbons (Fsp3) is 0.459. The van der Waals surface area contributed by atoms with Crippen LogP contribution < -0.4 is 4.74 Å². The van der Waals surface area contributed by atoms with Crippen molar-refractivity contribution >= 4 is 11.6 Å². The molecule has 3 aromatic rings. The number of rotatable bonds is 20. The largest absolute Gasteiger partial charge is 0.494 e. The highest BCUT2D eigenvalue weighted by Gasteiger charge is 2.15. The number of carbonyl (C=O) groups is 2. The Hall–Kier alpha value is -3.20. The minimum atomic E-state index is -0.187. The van der Waals surface area contributed by atoms with Gasteiger partial charge >= 0.3 is 0 Å². The quantitative estimate of drug-likeness (QED) is 0.0813. The van der Waals surface area contributed by atoms with E-state index in [1.165, 1.54) is 69.8 Å². The lowest BCUT2D eigenvalue weighted by Gasteiger charge is -2.08. The number of unbranched alkanes of at least 4 members (excludes halogenated alkanes) is 10. The van der Waals surface area contributed by atoms with Crippen LogP contribution in [0.3, 0.4) is 0 Å². The average molecular weight is 541 g/mol. The normalized spacial score (nSPS) is 10.9. The molecule has 0 spiro atoms. The first-order valence-corrected chi connectivity index (χ1v) is 15.6. The van der Waals surface area contributed by atoms with Crippen molar-refractivity contribution in [3.05, 3.63) is 89.5 Å². The molecule has 0 unspecified atom stereocenters. The van der Waals surface area contributed by atoms with E-state index in [-0.39, 0.29) is 18.0 Å². The third-order valence-electron chi connectivity index (χ3n) is 7.56. The Labute approximate surface area is 242 Å². The van der Waals surface area contributed by atoms with Crippen LogP contribution in [0.25, 0.3) is 11.1 Å². The topological polar surface area (TPSA) is 43.4 Å². The van der Waals surface area contributed by atoms with Gasteiger partial charge in [0.2, 0.25) is 0 Å². The summed E-state index contributed by atoms with van der Waals surface area (Å²) in [6, 6.07) is 23.5. The highest BCUT2D eigenvalue weighted by molar-refractivity contribution is 6.13. The smallest absolute Gasteiger partial charge is 0.170 e. The monoisotopic (exact) mass is 540 g/mol. The maximum atomic E-state index is 12.8. The van der Waals surface area contributed by atoms with Crippen LogP contribution in [0.1, 0.15) is 124 Å². The van der Waals surface area contributed by atoms with Gasteiger partial charge in [-0.15, -0.1) is 0 Å². The van der Waals surface area contributed by atoms with E-state index in [2.05, 4.69) is 38.1 Å². The van der Waals surface area contributed by atoms with Gasteiger partial charge in [0.1, 0.15) is 5.75 Å². The van der Waals surface area contributed by atoms with Gasteiger partial charge in [-0.1, -0.05) is 139 Å². The van der Waals surface area contributed by atoms with E-state index < -0.39 is 0 Å². The van der Waals surface area contributed by atoms with Crippen LogP contribution in [0.15, 0.2) is 72.8 Å². The summed E-state index contributed by atoms with van der Waals surface area (Å²) in [5.74, 6) is 0.319. The van der Waals surface area contributed by atoms with Crippen molar-refractivity contribution in [2.75, 3.05) is 6.61 Å². The molecule has 0 amide bonds. The molecule has 3 aromatic carbocycles. The number of benzene rings is 3. The summed E-state index contributed by atoms with van der Waals surface area (Å²) in [5.41, 5.74) is 4.67. The molecule has 0 fully saturated rings. The van der Waals surface area contributed by atoms with E-state index in [0.717, 1.165) is 30.4 Å². The van der Waals surface area contributed by atoms with Gasteiger partial charge in [-0.25, -0.2) is 0 Å². The van der Waals surface area contributed by atoms with Gasteiger partial charge in [-0.3, -0.25) is 9.59 Å². The van der Waals surface area contributed by atoms with E-state index in [4.69, 9.17) is 4.74 Å². The molecule has 0 heterocycles. The summed E-state index contributed by atoms with van der Waals surface area (Å²) in [7, 11) is 0. The number of ketones is 2. The summed E-state index contributed by atoms with van der Waals surface area (Å²) in [4.78, 5) is 25.5. The van der Waals surface area contributed by atoms with Gasteiger partial charge in [0.05, 0.1) is 13.0 Å². The second-order valence-corrected chi connectivity index (χ2v) is 11.0. The first-order valence-electron chi connectivity index (χ1n) is 15.6. The summed E-state index contributed by atoms with van der Waals surface area (Å²) in [6.07, 6.45) is 16.6. The van der Waals surface area contributed by atoms with E-state index in [1.54, 1.807) is 18.2 Å². The lowest BCUT2D eigenvalue weighted by molar-refractivity contribution is 0.0894. The summed E-state index contributed by atoms with van der Waals surface area (Å²) < 4.78 is 5.70. The van der Waals surface area contributed by atoms with Crippen molar-refractivity contribution in [2.45, 2.75) is 104 Å². The first-order chi connectivity index (χ1) is 19.6. The third kappa shape index (κ3) is 11.1. The molecule has 0 saturated heterocycles. The minimum Gasteiger partial charge on any atom is -0.494 e. The van der Waals surface area contributed by atoms with Crippen molar-refractivity contribution in [1.82, 2.24) is 0 Å². The van der Waals surface area contributed by atoms with E-state index in [9.17, 15) is 9.59 Å². The Kier molecular flexibility index (Phi) is 14.3. The lowest BCUT2D eigenvalue weighted by Crippen LogP contribution is -2.09. The Morgan fingerprint density at radius 2 is 1.12 bits per heavy atom. The van der Waals surface area contributed by atoms with Crippen LogP contribution >= 0.6 is 0 Å². The second-order valence-electron chi connectivity index (χ2n) is 11.0. The Morgan fingerprint density at radius 3 is 1.75 bits per heavy atom. The van der Waals surface area contributed by atoms with Gasteiger partial charge in [-0.05, 0) is 48.1 Å². The zero-order chi connectivity index (χ0) is 28.4. The zero-order valence-electron chi connectivity index (χ0n) is 24.8. The summed E-state index contributed by atoms with van der Waals surface area (Å²) >= 11 is 0. The number of ether oxygens (including phenoxy) is 1. The molecule has 0 bridgehead atoms. The molecule has 0 N–H and O–H groups in total. The van der Waals surface area contributed by atoms with Crippen molar-refractivity contribution in [3.8, 4) is 16.9 Å². The van der Waals surface area contributed by atoms with E-state index in [1.807, 2.05) is 30.3 Å². The second kappa shape index (κ2) is 18.2. The Morgan fingerprint density at radius 1 is 0.575 bits per heavy atom. The molecule has 3 nitrogen and oxygen atoms in total. The fourth-order valence-corrected chi connectivity index (χ4v) is 4.97. The highest BCUT2D eigenvalue weighted by Crippen LogP contribution is 2.23. The molecule has 214 valence electrons. The minimum absolute atomic E-state index is 0.147. The van der Waals surface area contributed by atoms with Gasteiger partial charge < -0.3 is 4.74 Å². The highest BCUT2D eigenvalue weighted by atomic mass is 16.5. The number of hydrogen-bond donors (Lipinski definition) is 0. The molecule has 0 radical (unpaired) electrons. The van der Waals surface area contributed by atoms with Crippen LogP contribution in [0.5, 0.6) is 5.75 Å². The molecule has 0 saturated carbocycles. The molecule has 0 atom stereocenters. The number of carbonyl (C=O) groups excluding carboxylic acids is 2. The van der Waals surface area contributed by atoms with Crippen LogP contribution in [0.2, 0.25) is 0 Å². The van der Waals surface area contributed by atoms with E-state index >= 15 is 0 Å². The maximum Gasteiger partial charge on any atom is 0.170 e. The Bertz CT molecular complexity index is 1140. The first kappa shape index (κ1) is 31.3. The van der Waals surface area contributed by atoms with Gasteiger partial charge in [-0.2, -0.15) is 0 Å². The zero-order valence-corrected chi connectivity index (χ0v) is 24.8. The third-order valence-corrected chi connectivity index (χ3v) is 7.56. The van der Waals surface area contributed by atoms with Gasteiger partial charge in [0.15, 0.2) is 11.6 Å². The predicted octanol–water partition coefficient (Wildman–Crippen LogP) is 10.5. The Balaban J connectivity index is 1.41. The molecule has 3 heteroatoms. The van der Waals surface area contributed by atoms with Gasteiger partial charge in [0, 0.05) is 11.1 Å². The molecular formula is C37H48O3. The van der Waals surface area contributed by atoms with Crippen LogP contribution in [-0.4, -0.2) is 18.2 Å². The molecule has 0 aromatic heterocycles. The molecule has 40 heavy (non-hydrogen) atoms. The maximum absolute atomic E-state index is 12.8. The van der Waals surface area contributed by atoms with Crippen LogP contribution in [0.4, 0.5) is 0 Å². The molecule has 0 aliphatic rings. The van der Waals surface area contributed by atoms with E-state index in [0.29, 0.717) is 23.5 Å². The summed E-state index contributed by atoms with van der Waals surface area (Å²) in [5, 5.41) is 0. The fourth-order valence-electron chi connectivity index (χ4n) is 4.97. The van der Waals surface area contributed by atoms with Crippen molar-refractivity contribution in [2.24, 2.45) is 0 Å². The summed E-state index contributed by atoms with van der Waals surface area (Å²) in [6.45, 7) is 5.01. The standard InChI is InChI=1S/C37H48O3/c1-3-5-7-8-9-10-11-12-13-14-16-30-19-21-31(22-20-30)32-23-25-33(26-24-32)36(38)29-37(39)34-17-15-18-35(28-34)40-27-6-4-2/h15,17-26,28H,3-14,16,27,29H2,1-2H3. The lowest BCUT2D eigenvalue weighted by atomic mass is 9.97. The van der Waals surface area contributed by atoms with Crippen molar-refractivity contribution < 1.29 is 14.3 Å².